The first-order chi connectivity index (χ1) is 38.5. The lowest BCUT2D eigenvalue weighted by Crippen LogP contribution is -2.34. The minimum Gasteiger partial charge on any atom is -0.306 e. The number of hydrogen-bond donors (Lipinski definition) is 0. The van der Waals surface area contributed by atoms with Gasteiger partial charge in [-0.1, -0.05) is 271 Å². The number of thiazole rings is 2. The molecule has 0 spiro atoms. The highest BCUT2D eigenvalue weighted by molar-refractivity contribution is 7.22. The Morgan fingerprint density at radius 3 is 0.897 bits per heavy atom. The van der Waals surface area contributed by atoms with E-state index in [9.17, 15) is 0 Å². The number of thiophene rings is 2. The van der Waals surface area contributed by atoms with Gasteiger partial charge in [0.05, 0.1) is 42.0 Å². The van der Waals surface area contributed by atoms with Gasteiger partial charge in [0.1, 0.15) is 10.0 Å². The first kappa shape index (κ1) is 64.3. The summed E-state index contributed by atoms with van der Waals surface area (Å²) in [4.78, 5) is 50.1. The highest BCUT2D eigenvalue weighted by Gasteiger charge is 2.50. The number of unbranched alkanes of at least 4 members (excludes halogenated alkanes) is 32. The van der Waals surface area contributed by atoms with Gasteiger partial charge in [-0.05, 0) is 60.4 Å². The summed E-state index contributed by atoms with van der Waals surface area (Å²) in [5.41, 5.74) is 2.83. The van der Waals surface area contributed by atoms with Crippen LogP contribution in [0, 0.1) is 11.8 Å². The number of amides is 2. The van der Waals surface area contributed by atoms with Crippen LogP contribution in [-0.2, 0) is 9.59 Å². The number of rotatable bonds is 48. The molecule has 0 saturated carbocycles. The maximum absolute atomic E-state index is 15.9. The molecule has 0 saturated heterocycles. The third-order valence-corrected chi connectivity index (χ3v) is 21.0. The van der Waals surface area contributed by atoms with Crippen LogP contribution in [0.2, 0.25) is 0 Å². The number of carbonyl (C=O) groups excluding carboxylic acids is 2. The topological polar surface area (TPSA) is 66.4 Å². The van der Waals surface area contributed by atoms with Gasteiger partial charge in [0.2, 0.25) is 0 Å². The SMILES string of the molecule is CCCCCCCCCCCCC(CCCCCCCCCC)CN1C(=O)C2=C(c3cnc(-c4cccs4)s3)N(CC(CCCCCCCCCC)CCCCCCCCCCCC)C(=O)C2=C1c1cnc(-c2cccs2)s1. The lowest BCUT2D eigenvalue weighted by molar-refractivity contribution is -0.124. The summed E-state index contributed by atoms with van der Waals surface area (Å²) in [6, 6.07) is 8.44. The third-order valence-electron chi connectivity index (χ3n) is 16.9. The van der Waals surface area contributed by atoms with Crippen LogP contribution >= 0.6 is 45.3 Å². The zero-order chi connectivity index (χ0) is 54.8. The third kappa shape index (κ3) is 21.4. The van der Waals surface area contributed by atoms with Crippen LogP contribution < -0.4 is 0 Å². The minimum absolute atomic E-state index is 0.00121. The number of hydrogen-bond acceptors (Lipinski definition) is 8. The molecule has 0 radical (unpaired) electrons. The lowest BCUT2D eigenvalue weighted by atomic mass is 9.93. The van der Waals surface area contributed by atoms with Crippen molar-refractivity contribution < 1.29 is 9.59 Å². The molecule has 434 valence electrons. The molecule has 4 aromatic heterocycles. The molecule has 2 aliphatic rings. The van der Waals surface area contributed by atoms with E-state index in [4.69, 9.17) is 9.97 Å². The average Bonchev–Trinajstić information content (AvgIpc) is 4.42. The largest absolute Gasteiger partial charge is 0.306 e. The molecule has 2 amide bonds. The smallest absolute Gasteiger partial charge is 0.261 e. The van der Waals surface area contributed by atoms with Gasteiger partial charge in [0.15, 0.2) is 0 Å². The molecule has 6 rings (SSSR count). The van der Waals surface area contributed by atoms with Gasteiger partial charge < -0.3 is 9.80 Å². The van der Waals surface area contributed by atoms with Gasteiger partial charge in [-0.25, -0.2) is 9.97 Å². The highest BCUT2D eigenvalue weighted by atomic mass is 32.1. The molecule has 4 aromatic rings. The molecule has 6 nitrogen and oxygen atoms in total. The maximum Gasteiger partial charge on any atom is 0.261 e. The molecule has 6 heterocycles. The molecular weight excluding hydrogens is 1030 g/mol. The van der Waals surface area contributed by atoms with E-state index in [-0.39, 0.29) is 11.8 Å². The molecule has 0 aromatic carbocycles. The maximum atomic E-state index is 15.9. The van der Waals surface area contributed by atoms with Crippen molar-refractivity contribution in [3.8, 4) is 19.8 Å². The standard InChI is InChI=1S/C68H106N4O2S4/c1-5-9-13-17-21-25-27-31-35-39-45-55(43-37-33-29-23-19-15-11-7-3)53-71-63(59-51-69-65(77-59)57-47-41-49-75-57)61-62(67(71)73)64(60-52-70-66(78-60)58-48-42-50-76-58)72(68(61)74)54-56(44-38-34-30-24-20-16-12-8-4)46-40-36-32-28-26-22-18-14-10-6-2/h41-42,47-52,55-56H,5-40,43-46,53-54H2,1-4H3. The normalized spacial score (nSPS) is 14.6. The summed E-state index contributed by atoms with van der Waals surface area (Å²) < 4.78 is 0. The van der Waals surface area contributed by atoms with E-state index in [1.807, 2.05) is 12.4 Å². The summed E-state index contributed by atoms with van der Waals surface area (Å²) >= 11 is 6.69. The molecule has 2 aliphatic heterocycles. The van der Waals surface area contributed by atoms with Gasteiger partial charge in [-0.15, -0.1) is 45.3 Å². The van der Waals surface area contributed by atoms with Gasteiger partial charge in [-0.2, -0.15) is 0 Å². The van der Waals surface area contributed by atoms with E-state index in [1.165, 1.54) is 231 Å². The molecule has 78 heavy (non-hydrogen) atoms. The second-order valence-electron chi connectivity index (χ2n) is 23.5. The van der Waals surface area contributed by atoms with Crippen molar-refractivity contribution in [2.75, 3.05) is 13.1 Å². The van der Waals surface area contributed by atoms with Crippen LogP contribution in [0.25, 0.3) is 31.2 Å². The molecular formula is C68H106N4O2S4. The predicted octanol–water partition coefficient (Wildman–Crippen LogP) is 22.8. The number of nitrogens with zero attached hydrogens (tertiary/aromatic N) is 4. The number of aromatic nitrogens is 2. The van der Waals surface area contributed by atoms with Crippen molar-refractivity contribution in [3.63, 3.8) is 0 Å². The van der Waals surface area contributed by atoms with E-state index in [2.05, 4.69) is 72.5 Å². The van der Waals surface area contributed by atoms with Crippen molar-refractivity contribution in [3.05, 3.63) is 68.3 Å². The van der Waals surface area contributed by atoms with Crippen LogP contribution in [0.15, 0.2) is 58.6 Å². The van der Waals surface area contributed by atoms with E-state index in [1.54, 1.807) is 45.3 Å². The highest BCUT2D eigenvalue weighted by Crippen LogP contribution is 2.50. The predicted molar refractivity (Wildman–Crippen MR) is 342 cm³/mol. The van der Waals surface area contributed by atoms with Crippen molar-refractivity contribution >= 4 is 68.6 Å². The van der Waals surface area contributed by atoms with Gasteiger partial charge in [-0.3, -0.25) is 9.59 Å². The van der Waals surface area contributed by atoms with Crippen LogP contribution in [0.5, 0.6) is 0 Å². The second-order valence-corrected chi connectivity index (χ2v) is 27.4. The first-order valence-corrected chi connectivity index (χ1v) is 36.0. The summed E-state index contributed by atoms with van der Waals surface area (Å²) in [7, 11) is 0. The van der Waals surface area contributed by atoms with E-state index >= 15 is 9.59 Å². The first-order valence-electron chi connectivity index (χ1n) is 32.6. The zero-order valence-corrected chi connectivity index (χ0v) is 53.0. The van der Waals surface area contributed by atoms with Crippen LogP contribution in [-0.4, -0.2) is 44.7 Å². The zero-order valence-electron chi connectivity index (χ0n) is 49.7. The van der Waals surface area contributed by atoms with E-state index in [0.717, 1.165) is 66.6 Å². The number of carbonyl (C=O) groups is 2. The minimum atomic E-state index is 0.00121. The Labute approximate surface area is 492 Å². The van der Waals surface area contributed by atoms with Crippen LogP contribution in [0.3, 0.4) is 0 Å². The fourth-order valence-electron chi connectivity index (χ4n) is 12.2. The quantitative estimate of drug-likeness (QED) is 0.0413. The summed E-state index contributed by atoms with van der Waals surface area (Å²) in [6.45, 7) is 10.5. The molecule has 0 aliphatic carbocycles. The fraction of sp³-hybridized carbons (Fsp3) is 0.706. The van der Waals surface area contributed by atoms with Crippen molar-refractivity contribution in [2.45, 2.75) is 285 Å². The second kappa shape index (κ2) is 38.7. The molecule has 10 heteroatoms. The Kier molecular flexibility index (Phi) is 31.9. The molecule has 0 N–H and O–H groups in total. The Balaban J connectivity index is 1.29. The lowest BCUT2D eigenvalue weighted by Gasteiger charge is -2.29. The Bertz CT molecular complexity index is 2110. The molecule has 0 bridgehead atoms. The Morgan fingerprint density at radius 2 is 0.641 bits per heavy atom. The Hall–Kier alpha value is -2.92. The van der Waals surface area contributed by atoms with Gasteiger partial charge in [0, 0.05) is 25.5 Å². The fourth-order valence-corrected chi connectivity index (χ4v) is 15.8. The van der Waals surface area contributed by atoms with Crippen molar-refractivity contribution in [2.24, 2.45) is 11.8 Å². The van der Waals surface area contributed by atoms with E-state index < -0.39 is 0 Å². The van der Waals surface area contributed by atoms with Crippen molar-refractivity contribution in [1.82, 2.24) is 19.8 Å². The molecule has 0 fully saturated rings. The van der Waals surface area contributed by atoms with Gasteiger partial charge in [0.25, 0.3) is 11.8 Å². The van der Waals surface area contributed by atoms with Crippen LogP contribution in [0.1, 0.15) is 294 Å². The molecule has 2 unspecified atom stereocenters. The van der Waals surface area contributed by atoms with E-state index in [0.29, 0.717) is 36.1 Å². The summed E-state index contributed by atoms with van der Waals surface area (Å²) in [5, 5.41) is 6.12. The Morgan fingerprint density at radius 1 is 0.372 bits per heavy atom. The van der Waals surface area contributed by atoms with Crippen LogP contribution in [0.4, 0.5) is 0 Å². The average molecular weight is 1140 g/mol. The molecule has 2 atom stereocenters. The monoisotopic (exact) mass is 1140 g/mol. The van der Waals surface area contributed by atoms with Gasteiger partial charge >= 0.3 is 0 Å². The van der Waals surface area contributed by atoms with Crippen molar-refractivity contribution in [1.29, 1.82) is 0 Å². The summed E-state index contributed by atoms with van der Waals surface area (Å²) in [5.74, 6) is 0.731. The summed E-state index contributed by atoms with van der Waals surface area (Å²) in [6.07, 6.45) is 55.6. The number of fused-ring (bicyclic) bond motifs is 1.